The minimum atomic E-state index is 1.18. The molecule has 0 bridgehead atoms. The Morgan fingerprint density at radius 1 is 0.341 bits per heavy atom. The van der Waals surface area contributed by atoms with E-state index in [0.29, 0.717) is 0 Å². The Morgan fingerprint density at radius 2 is 0.927 bits per heavy atom. The standard InChI is InChI=1S/C40H25N/c1-3-8-26(9-4-1)30-18-22-37-35(24-30)36-25-31(19-23-38(36)41(37)32-12-5-2-6-13-32)33-20-16-29-15-14-27-10-7-11-28-17-21-34(33)40(29)39(27)28/h1-25H. The summed E-state index contributed by atoms with van der Waals surface area (Å²) >= 11 is 0. The summed E-state index contributed by atoms with van der Waals surface area (Å²) in [5.41, 5.74) is 8.60. The lowest BCUT2D eigenvalue weighted by Gasteiger charge is -2.14. The van der Waals surface area contributed by atoms with Gasteiger partial charge in [-0.25, -0.2) is 0 Å². The van der Waals surface area contributed by atoms with Crippen molar-refractivity contribution in [2.75, 3.05) is 0 Å². The Balaban J connectivity index is 1.35. The predicted molar refractivity (Wildman–Crippen MR) is 175 cm³/mol. The molecule has 190 valence electrons. The summed E-state index contributed by atoms with van der Waals surface area (Å²) in [6.07, 6.45) is 0. The van der Waals surface area contributed by atoms with E-state index >= 15 is 0 Å². The molecule has 1 aromatic heterocycles. The summed E-state index contributed by atoms with van der Waals surface area (Å²) in [6.45, 7) is 0. The number of rotatable bonds is 3. The Bertz CT molecular complexity index is 2380. The van der Waals surface area contributed by atoms with Crippen molar-refractivity contribution in [2.24, 2.45) is 0 Å². The second-order valence-corrected chi connectivity index (χ2v) is 11.0. The van der Waals surface area contributed by atoms with Gasteiger partial charge in [-0.05, 0) is 91.0 Å². The van der Waals surface area contributed by atoms with Crippen molar-refractivity contribution < 1.29 is 0 Å². The van der Waals surface area contributed by atoms with Crippen LogP contribution in [0.5, 0.6) is 0 Å². The number of aromatic nitrogens is 1. The van der Waals surface area contributed by atoms with E-state index in [4.69, 9.17) is 0 Å². The normalized spacial score (nSPS) is 11.9. The Kier molecular flexibility index (Phi) is 4.67. The van der Waals surface area contributed by atoms with Gasteiger partial charge in [0.15, 0.2) is 0 Å². The molecule has 0 aliphatic carbocycles. The van der Waals surface area contributed by atoms with Crippen LogP contribution in [0.3, 0.4) is 0 Å². The summed E-state index contributed by atoms with van der Waals surface area (Å²) < 4.78 is 2.40. The molecular formula is C40H25N. The highest BCUT2D eigenvalue weighted by molar-refractivity contribution is 6.25. The molecular weight excluding hydrogens is 494 g/mol. The lowest BCUT2D eigenvalue weighted by atomic mass is 9.89. The fraction of sp³-hybridized carbons (Fsp3) is 0. The van der Waals surface area contributed by atoms with Crippen LogP contribution < -0.4 is 0 Å². The molecule has 0 amide bonds. The molecule has 8 aromatic carbocycles. The zero-order valence-corrected chi connectivity index (χ0v) is 22.4. The number of nitrogens with zero attached hydrogens (tertiary/aromatic N) is 1. The van der Waals surface area contributed by atoms with Crippen LogP contribution in [0.15, 0.2) is 152 Å². The van der Waals surface area contributed by atoms with Gasteiger partial charge in [0.25, 0.3) is 0 Å². The fourth-order valence-corrected chi connectivity index (χ4v) is 6.84. The number of hydrogen-bond donors (Lipinski definition) is 0. The van der Waals surface area contributed by atoms with Gasteiger partial charge in [0.1, 0.15) is 0 Å². The maximum absolute atomic E-state index is 2.40. The van der Waals surface area contributed by atoms with E-state index < -0.39 is 0 Å². The zero-order valence-electron chi connectivity index (χ0n) is 22.4. The van der Waals surface area contributed by atoms with Gasteiger partial charge in [0.05, 0.1) is 11.0 Å². The first-order valence-corrected chi connectivity index (χ1v) is 14.2. The minimum Gasteiger partial charge on any atom is -0.309 e. The number of fused-ring (bicyclic) bond motifs is 3. The fourth-order valence-electron chi connectivity index (χ4n) is 6.84. The average Bonchev–Trinajstić information content (AvgIpc) is 3.37. The topological polar surface area (TPSA) is 4.93 Å². The molecule has 0 saturated heterocycles. The van der Waals surface area contributed by atoms with Crippen molar-refractivity contribution in [2.45, 2.75) is 0 Å². The van der Waals surface area contributed by atoms with Gasteiger partial charge in [-0.2, -0.15) is 0 Å². The second kappa shape index (κ2) is 8.55. The third-order valence-electron chi connectivity index (χ3n) is 8.73. The van der Waals surface area contributed by atoms with Crippen molar-refractivity contribution in [3.05, 3.63) is 152 Å². The summed E-state index contributed by atoms with van der Waals surface area (Å²) in [5.74, 6) is 0. The third-order valence-corrected chi connectivity index (χ3v) is 8.73. The van der Waals surface area contributed by atoms with E-state index in [-0.39, 0.29) is 0 Å². The smallest absolute Gasteiger partial charge is 0.0541 e. The van der Waals surface area contributed by atoms with Crippen LogP contribution >= 0.6 is 0 Å². The van der Waals surface area contributed by atoms with E-state index in [0.717, 1.165) is 0 Å². The molecule has 0 aliphatic rings. The van der Waals surface area contributed by atoms with Crippen LogP contribution in [0, 0.1) is 0 Å². The van der Waals surface area contributed by atoms with Gasteiger partial charge in [0.2, 0.25) is 0 Å². The number of benzene rings is 8. The van der Waals surface area contributed by atoms with Crippen molar-refractivity contribution in [1.82, 2.24) is 4.57 Å². The predicted octanol–water partition coefficient (Wildman–Crippen LogP) is 11.0. The van der Waals surface area contributed by atoms with Gasteiger partial charge in [-0.1, -0.05) is 115 Å². The second-order valence-electron chi connectivity index (χ2n) is 11.0. The summed E-state index contributed by atoms with van der Waals surface area (Å²) in [6, 6.07) is 55.5. The van der Waals surface area contributed by atoms with Crippen molar-refractivity contribution in [3.8, 4) is 27.9 Å². The molecule has 9 rings (SSSR count). The van der Waals surface area contributed by atoms with Crippen LogP contribution in [0.2, 0.25) is 0 Å². The number of hydrogen-bond acceptors (Lipinski definition) is 0. The first-order chi connectivity index (χ1) is 20.3. The van der Waals surface area contributed by atoms with E-state index in [9.17, 15) is 0 Å². The van der Waals surface area contributed by atoms with E-state index in [1.165, 1.54) is 82.1 Å². The maximum Gasteiger partial charge on any atom is 0.0541 e. The molecule has 1 nitrogen and oxygen atoms in total. The van der Waals surface area contributed by atoms with Gasteiger partial charge >= 0.3 is 0 Å². The number of para-hydroxylation sites is 1. The van der Waals surface area contributed by atoms with E-state index in [1.54, 1.807) is 0 Å². The first-order valence-electron chi connectivity index (χ1n) is 14.2. The molecule has 0 fully saturated rings. The molecule has 0 unspecified atom stereocenters. The van der Waals surface area contributed by atoms with E-state index in [1.807, 2.05) is 0 Å². The molecule has 0 saturated carbocycles. The van der Waals surface area contributed by atoms with Crippen LogP contribution in [-0.4, -0.2) is 4.57 Å². The molecule has 0 N–H and O–H groups in total. The maximum atomic E-state index is 2.40. The molecule has 0 aliphatic heterocycles. The molecule has 0 radical (unpaired) electrons. The molecule has 0 spiro atoms. The lowest BCUT2D eigenvalue weighted by Crippen LogP contribution is -1.93. The van der Waals surface area contributed by atoms with Crippen LogP contribution in [0.1, 0.15) is 0 Å². The average molecular weight is 520 g/mol. The molecule has 1 heteroatoms. The van der Waals surface area contributed by atoms with E-state index in [2.05, 4.69) is 156 Å². The zero-order chi connectivity index (χ0) is 26.9. The molecule has 1 heterocycles. The van der Waals surface area contributed by atoms with Crippen LogP contribution in [0.25, 0.3) is 82.1 Å². The van der Waals surface area contributed by atoms with Crippen molar-refractivity contribution in [3.63, 3.8) is 0 Å². The Hall–Kier alpha value is -5.40. The Morgan fingerprint density at radius 3 is 1.66 bits per heavy atom. The van der Waals surface area contributed by atoms with Gasteiger partial charge in [0, 0.05) is 16.5 Å². The quantitative estimate of drug-likeness (QED) is 0.205. The van der Waals surface area contributed by atoms with Gasteiger partial charge in [-0.15, -0.1) is 0 Å². The van der Waals surface area contributed by atoms with Crippen LogP contribution in [0.4, 0.5) is 0 Å². The monoisotopic (exact) mass is 519 g/mol. The molecule has 9 aromatic rings. The SMILES string of the molecule is c1ccc(-c2ccc3c(c2)c2cc(-c4ccc5ccc6cccc7ccc4c5c67)ccc2n3-c2ccccc2)cc1. The molecule has 41 heavy (non-hydrogen) atoms. The summed E-state index contributed by atoms with van der Waals surface area (Å²) in [4.78, 5) is 0. The molecule has 0 atom stereocenters. The third kappa shape index (κ3) is 3.30. The summed E-state index contributed by atoms with van der Waals surface area (Å²) in [5, 5.41) is 10.5. The van der Waals surface area contributed by atoms with Gasteiger partial charge < -0.3 is 4.57 Å². The minimum absolute atomic E-state index is 1.18. The highest BCUT2D eigenvalue weighted by atomic mass is 15.0. The highest BCUT2D eigenvalue weighted by Crippen LogP contribution is 2.41. The highest BCUT2D eigenvalue weighted by Gasteiger charge is 2.16. The van der Waals surface area contributed by atoms with Crippen molar-refractivity contribution in [1.29, 1.82) is 0 Å². The van der Waals surface area contributed by atoms with Crippen molar-refractivity contribution >= 4 is 54.1 Å². The Labute approximate surface area is 237 Å². The van der Waals surface area contributed by atoms with Gasteiger partial charge in [-0.3, -0.25) is 0 Å². The summed E-state index contributed by atoms with van der Waals surface area (Å²) in [7, 11) is 0. The van der Waals surface area contributed by atoms with Crippen LogP contribution in [-0.2, 0) is 0 Å². The largest absolute Gasteiger partial charge is 0.309 e. The first kappa shape index (κ1) is 22.4. The lowest BCUT2D eigenvalue weighted by molar-refractivity contribution is 1.18.